The number of hydrogen-bond donors (Lipinski definition) is 1. The molecule has 1 aliphatic rings. The Balaban J connectivity index is 2.74. The number of amidine groups is 1. The Hall–Kier alpha value is -2.10. The molecule has 0 aromatic carbocycles. The van der Waals surface area contributed by atoms with Gasteiger partial charge in [-0.2, -0.15) is 0 Å². The minimum absolute atomic E-state index is 0.224. The van der Waals surface area contributed by atoms with Gasteiger partial charge >= 0.3 is 0 Å². The number of carbonyl (C=O) groups excluding carboxylic acids is 1. The van der Waals surface area contributed by atoms with Crippen molar-refractivity contribution in [2.24, 2.45) is 4.99 Å². The summed E-state index contributed by atoms with van der Waals surface area (Å²) in [5, 5.41) is 2.67. The maximum atomic E-state index is 11.7. The zero-order valence-electron chi connectivity index (χ0n) is 9.53. The number of rotatable bonds is 2. The first-order valence-electron chi connectivity index (χ1n) is 4.87. The largest absolute Gasteiger partial charge is 0.336 e. The zero-order chi connectivity index (χ0) is 12.1. The molecule has 1 rings (SSSR count). The molecule has 0 fully saturated rings. The molecule has 0 spiro atoms. The second-order valence-corrected chi connectivity index (χ2v) is 3.24. The topological polar surface area (TPSA) is 44.7 Å². The van der Waals surface area contributed by atoms with Crippen molar-refractivity contribution in [2.75, 3.05) is 7.05 Å². The van der Waals surface area contributed by atoms with Gasteiger partial charge in [-0.25, -0.2) is 4.99 Å². The van der Waals surface area contributed by atoms with Crippen LogP contribution in [0.3, 0.4) is 0 Å². The van der Waals surface area contributed by atoms with Crippen molar-refractivity contribution in [3.05, 3.63) is 49.0 Å². The van der Waals surface area contributed by atoms with E-state index in [2.05, 4.69) is 23.5 Å². The SMILES string of the molecule is C=C/C(=C\C)C(=O)NC1=NC(=C)N(C)C=C1. The second kappa shape index (κ2) is 5.11. The van der Waals surface area contributed by atoms with Crippen LogP contribution in [0.5, 0.6) is 0 Å². The minimum Gasteiger partial charge on any atom is -0.336 e. The Morgan fingerprint density at radius 1 is 1.62 bits per heavy atom. The summed E-state index contributed by atoms with van der Waals surface area (Å²) in [6.45, 7) is 9.08. The van der Waals surface area contributed by atoms with Crippen LogP contribution in [-0.2, 0) is 4.79 Å². The summed E-state index contributed by atoms with van der Waals surface area (Å²) in [6, 6.07) is 0. The fourth-order valence-electron chi connectivity index (χ4n) is 1.12. The number of nitrogens with zero attached hydrogens (tertiary/aromatic N) is 2. The van der Waals surface area contributed by atoms with E-state index in [4.69, 9.17) is 0 Å². The van der Waals surface area contributed by atoms with Gasteiger partial charge in [-0.1, -0.05) is 25.3 Å². The minimum atomic E-state index is -0.224. The highest BCUT2D eigenvalue weighted by molar-refractivity contribution is 6.11. The molecule has 1 aliphatic heterocycles. The van der Waals surface area contributed by atoms with Gasteiger partial charge in [-0.05, 0) is 13.0 Å². The van der Waals surface area contributed by atoms with Gasteiger partial charge in [-0.15, -0.1) is 0 Å². The van der Waals surface area contributed by atoms with Gasteiger partial charge in [-0.3, -0.25) is 4.79 Å². The number of carbonyl (C=O) groups is 1. The normalized spacial score (nSPS) is 15.9. The molecule has 0 unspecified atom stereocenters. The van der Waals surface area contributed by atoms with E-state index in [0.29, 0.717) is 17.2 Å². The summed E-state index contributed by atoms with van der Waals surface area (Å²) in [6.07, 6.45) is 6.69. The number of amides is 1. The molecule has 4 heteroatoms. The third-order valence-corrected chi connectivity index (χ3v) is 2.15. The van der Waals surface area contributed by atoms with Crippen LogP contribution < -0.4 is 5.32 Å². The van der Waals surface area contributed by atoms with Crippen molar-refractivity contribution in [3.8, 4) is 0 Å². The highest BCUT2D eigenvalue weighted by Gasteiger charge is 2.10. The molecule has 4 nitrogen and oxygen atoms in total. The van der Waals surface area contributed by atoms with Crippen molar-refractivity contribution >= 4 is 11.7 Å². The number of aliphatic imine (C=N–C) groups is 1. The third kappa shape index (κ3) is 2.70. The van der Waals surface area contributed by atoms with Gasteiger partial charge in [0.25, 0.3) is 5.91 Å². The second-order valence-electron chi connectivity index (χ2n) is 3.24. The zero-order valence-corrected chi connectivity index (χ0v) is 9.53. The maximum absolute atomic E-state index is 11.7. The quantitative estimate of drug-likeness (QED) is 0.563. The van der Waals surface area contributed by atoms with Crippen molar-refractivity contribution in [3.63, 3.8) is 0 Å². The summed E-state index contributed by atoms with van der Waals surface area (Å²) in [5.41, 5.74) is 0.514. The lowest BCUT2D eigenvalue weighted by Crippen LogP contribution is -2.32. The van der Waals surface area contributed by atoms with E-state index < -0.39 is 0 Å². The fraction of sp³-hybridized carbons (Fsp3) is 0.167. The summed E-state index contributed by atoms with van der Waals surface area (Å²) in [5.74, 6) is 0.839. The lowest BCUT2D eigenvalue weighted by Gasteiger charge is -2.18. The van der Waals surface area contributed by atoms with E-state index in [0.717, 1.165) is 0 Å². The Labute approximate surface area is 95.4 Å². The van der Waals surface area contributed by atoms with Gasteiger partial charge in [0.2, 0.25) is 0 Å². The molecular formula is C12H15N3O. The fourth-order valence-corrected chi connectivity index (χ4v) is 1.12. The average Bonchev–Trinajstić information content (AvgIpc) is 2.25. The summed E-state index contributed by atoms with van der Waals surface area (Å²) < 4.78 is 0. The first-order valence-corrected chi connectivity index (χ1v) is 4.87. The van der Waals surface area contributed by atoms with Gasteiger partial charge in [0.1, 0.15) is 11.7 Å². The van der Waals surface area contributed by atoms with E-state index in [1.165, 1.54) is 6.08 Å². The average molecular weight is 217 g/mol. The molecule has 84 valence electrons. The molecule has 0 aromatic heterocycles. The summed E-state index contributed by atoms with van der Waals surface area (Å²) in [7, 11) is 1.84. The maximum Gasteiger partial charge on any atom is 0.256 e. The van der Waals surface area contributed by atoms with E-state index in [1.807, 2.05) is 7.05 Å². The van der Waals surface area contributed by atoms with Crippen LogP contribution in [0.25, 0.3) is 0 Å². The Bertz CT molecular complexity index is 416. The molecule has 0 aromatic rings. The first-order chi connectivity index (χ1) is 7.58. The predicted molar refractivity (Wildman–Crippen MR) is 65.6 cm³/mol. The van der Waals surface area contributed by atoms with Gasteiger partial charge in [0.15, 0.2) is 0 Å². The highest BCUT2D eigenvalue weighted by Crippen LogP contribution is 2.07. The van der Waals surface area contributed by atoms with Crippen molar-refractivity contribution in [1.82, 2.24) is 10.2 Å². The van der Waals surface area contributed by atoms with E-state index in [-0.39, 0.29) is 5.91 Å². The monoisotopic (exact) mass is 217 g/mol. The van der Waals surface area contributed by atoms with Crippen molar-refractivity contribution in [2.45, 2.75) is 6.92 Å². The third-order valence-electron chi connectivity index (χ3n) is 2.15. The molecule has 0 saturated heterocycles. The van der Waals surface area contributed by atoms with Crippen LogP contribution in [-0.4, -0.2) is 23.7 Å². The van der Waals surface area contributed by atoms with Crippen molar-refractivity contribution in [1.29, 1.82) is 0 Å². The molecule has 0 atom stereocenters. The molecule has 0 saturated carbocycles. The van der Waals surface area contributed by atoms with Crippen LogP contribution in [0.15, 0.2) is 54.0 Å². The Kier molecular flexibility index (Phi) is 3.83. The van der Waals surface area contributed by atoms with Crippen molar-refractivity contribution < 1.29 is 4.79 Å². The smallest absolute Gasteiger partial charge is 0.256 e. The van der Waals surface area contributed by atoms with Gasteiger partial charge in [0, 0.05) is 18.8 Å². The molecule has 1 heterocycles. The summed E-state index contributed by atoms with van der Waals surface area (Å²) >= 11 is 0. The lowest BCUT2D eigenvalue weighted by atomic mass is 10.2. The Morgan fingerprint density at radius 2 is 2.31 bits per heavy atom. The summed E-state index contributed by atoms with van der Waals surface area (Å²) in [4.78, 5) is 17.5. The molecule has 0 bridgehead atoms. The van der Waals surface area contributed by atoms with E-state index in [1.54, 1.807) is 30.2 Å². The highest BCUT2D eigenvalue weighted by atomic mass is 16.1. The van der Waals surface area contributed by atoms with Crippen LogP contribution in [0.1, 0.15) is 6.92 Å². The molecule has 0 aliphatic carbocycles. The lowest BCUT2D eigenvalue weighted by molar-refractivity contribution is -0.115. The standard InChI is InChI=1S/C12H15N3O/c1-5-10(6-2)12(16)14-11-7-8-15(4)9(3)13-11/h5-8H,1,3H2,2,4H3,(H,13,14,16)/b10-6+. The molecule has 1 amide bonds. The number of hydrogen-bond acceptors (Lipinski definition) is 3. The first kappa shape index (κ1) is 12.0. The molecule has 1 N–H and O–H groups in total. The van der Waals surface area contributed by atoms with Crippen LogP contribution in [0, 0.1) is 0 Å². The molecule has 16 heavy (non-hydrogen) atoms. The van der Waals surface area contributed by atoms with E-state index >= 15 is 0 Å². The van der Waals surface area contributed by atoms with Crippen LogP contribution in [0.2, 0.25) is 0 Å². The molecular weight excluding hydrogens is 202 g/mol. The van der Waals surface area contributed by atoms with Crippen LogP contribution in [0.4, 0.5) is 0 Å². The van der Waals surface area contributed by atoms with E-state index in [9.17, 15) is 4.79 Å². The predicted octanol–water partition coefficient (Wildman–Crippen LogP) is 1.56. The van der Waals surface area contributed by atoms with Gasteiger partial charge < -0.3 is 10.2 Å². The molecule has 0 radical (unpaired) electrons. The Morgan fingerprint density at radius 3 is 2.81 bits per heavy atom. The van der Waals surface area contributed by atoms with Gasteiger partial charge in [0.05, 0.1) is 0 Å². The van der Waals surface area contributed by atoms with Crippen LogP contribution >= 0.6 is 0 Å². The number of allylic oxidation sites excluding steroid dienone is 1. The number of nitrogens with one attached hydrogen (secondary N) is 1.